The first kappa shape index (κ1) is 22.7. The predicted octanol–water partition coefficient (Wildman–Crippen LogP) is 3.93. The van der Waals surface area contributed by atoms with Crippen LogP contribution in [0, 0.1) is 6.92 Å². The van der Waals surface area contributed by atoms with Crippen molar-refractivity contribution in [2.75, 3.05) is 19.4 Å². The number of para-hydroxylation sites is 1. The Morgan fingerprint density at radius 2 is 1.87 bits per heavy atom. The first-order valence-electron chi connectivity index (χ1n) is 9.40. The number of nitrogens with one attached hydrogen (secondary N) is 1. The van der Waals surface area contributed by atoms with Crippen LogP contribution in [0.15, 0.2) is 64.9 Å². The Labute approximate surface area is 186 Å². The van der Waals surface area contributed by atoms with Crippen molar-refractivity contribution in [1.29, 1.82) is 0 Å². The molecule has 0 aliphatic heterocycles. The lowest BCUT2D eigenvalue weighted by atomic mass is 10.2. The van der Waals surface area contributed by atoms with E-state index in [1.165, 1.54) is 26.2 Å². The number of anilines is 1. The van der Waals surface area contributed by atoms with Gasteiger partial charge < -0.3 is 10.1 Å². The lowest BCUT2D eigenvalue weighted by Crippen LogP contribution is -2.24. The quantitative estimate of drug-likeness (QED) is 0.518. The van der Waals surface area contributed by atoms with E-state index in [0.29, 0.717) is 12.4 Å². The van der Waals surface area contributed by atoms with Crippen molar-refractivity contribution in [2.24, 2.45) is 0 Å². The Morgan fingerprint density at radius 3 is 2.52 bits per heavy atom. The molecule has 0 spiro atoms. The van der Waals surface area contributed by atoms with Gasteiger partial charge in [-0.3, -0.25) is 4.79 Å². The molecular formula is C22H23N3O4S2. The second kappa shape index (κ2) is 9.86. The van der Waals surface area contributed by atoms with Crippen LogP contribution < -0.4 is 10.1 Å². The summed E-state index contributed by atoms with van der Waals surface area (Å²) in [6.45, 7) is 2.35. The molecule has 0 saturated heterocycles. The van der Waals surface area contributed by atoms with Gasteiger partial charge in [-0.1, -0.05) is 24.3 Å². The molecule has 0 radical (unpaired) electrons. The number of sulfonamides is 1. The molecule has 1 heterocycles. The van der Waals surface area contributed by atoms with E-state index in [1.54, 1.807) is 35.6 Å². The molecule has 31 heavy (non-hydrogen) atoms. The van der Waals surface area contributed by atoms with Crippen molar-refractivity contribution in [3.63, 3.8) is 0 Å². The van der Waals surface area contributed by atoms with Crippen LogP contribution >= 0.6 is 11.3 Å². The van der Waals surface area contributed by atoms with Gasteiger partial charge in [-0.05, 0) is 42.8 Å². The molecular weight excluding hydrogens is 434 g/mol. The van der Waals surface area contributed by atoms with Crippen LogP contribution in [0.3, 0.4) is 0 Å². The van der Waals surface area contributed by atoms with E-state index in [0.717, 1.165) is 20.6 Å². The van der Waals surface area contributed by atoms with Crippen molar-refractivity contribution in [1.82, 2.24) is 9.29 Å². The third kappa shape index (κ3) is 6.00. The zero-order chi connectivity index (χ0) is 22.4. The first-order valence-corrected chi connectivity index (χ1v) is 11.7. The Kier molecular flexibility index (Phi) is 7.21. The van der Waals surface area contributed by atoms with Crippen LogP contribution in [-0.4, -0.2) is 37.7 Å². The van der Waals surface area contributed by atoms with E-state index in [4.69, 9.17) is 4.74 Å². The van der Waals surface area contributed by atoms with Crippen LogP contribution in [0.25, 0.3) is 6.08 Å². The Morgan fingerprint density at radius 1 is 1.16 bits per heavy atom. The Bertz CT molecular complexity index is 1180. The van der Waals surface area contributed by atoms with Gasteiger partial charge in [0.15, 0.2) is 0 Å². The molecule has 3 rings (SSSR count). The van der Waals surface area contributed by atoms with E-state index >= 15 is 0 Å². The zero-order valence-corrected chi connectivity index (χ0v) is 19.0. The topological polar surface area (TPSA) is 88.6 Å². The SMILES string of the molecule is Cc1nc(COc2ccc(/C=C/C(=O)Nc3ccccc3S(=O)(=O)N(C)C)cc2)cs1. The fourth-order valence-corrected chi connectivity index (χ4v) is 4.28. The van der Waals surface area contributed by atoms with Crippen molar-refractivity contribution in [3.8, 4) is 5.75 Å². The number of thiazole rings is 1. The third-order valence-electron chi connectivity index (χ3n) is 4.26. The molecule has 0 aliphatic carbocycles. The maximum Gasteiger partial charge on any atom is 0.248 e. The van der Waals surface area contributed by atoms with Gasteiger partial charge >= 0.3 is 0 Å². The van der Waals surface area contributed by atoms with Crippen molar-refractivity contribution < 1.29 is 17.9 Å². The number of nitrogens with zero attached hydrogens (tertiary/aromatic N) is 2. The Balaban J connectivity index is 1.62. The highest BCUT2D eigenvalue weighted by Gasteiger charge is 2.21. The Hall–Kier alpha value is -3.01. The molecule has 0 atom stereocenters. The fraction of sp³-hybridized carbons (Fsp3) is 0.182. The summed E-state index contributed by atoms with van der Waals surface area (Å²) in [7, 11) is -0.785. The smallest absolute Gasteiger partial charge is 0.248 e. The van der Waals surface area contributed by atoms with E-state index in [1.807, 2.05) is 36.6 Å². The molecule has 0 aliphatic rings. The second-order valence-electron chi connectivity index (χ2n) is 6.82. The average molecular weight is 458 g/mol. The summed E-state index contributed by atoms with van der Waals surface area (Å²) in [6, 6.07) is 13.6. The highest BCUT2D eigenvalue weighted by atomic mass is 32.2. The minimum Gasteiger partial charge on any atom is -0.487 e. The number of hydrogen-bond acceptors (Lipinski definition) is 6. The van der Waals surface area contributed by atoms with Gasteiger partial charge in [-0.15, -0.1) is 11.3 Å². The van der Waals surface area contributed by atoms with Gasteiger partial charge in [0.25, 0.3) is 0 Å². The molecule has 162 valence electrons. The number of rotatable bonds is 8. The van der Waals surface area contributed by atoms with Crippen LogP contribution in [0.2, 0.25) is 0 Å². The fourth-order valence-electron chi connectivity index (χ4n) is 2.64. The highest BCUT2D eigenvalue weighted by Crippen LogP contribution is 2.23. The largest absolute Gasteiger partial charge is 0.487 e. The van der Waals surface area contributed by atoms with E-state index in [9.17, 15) is 13.2 Å². The van der Waals surface area contributed by atoms with E-state index < -0.39 is 15.9 Å². The molecule has 3 aromatic rings. The standard InChI is InChI=1S/C22H23N3O4S2/c1-16-23-18(15-30-16)14-29-19-11-8-17(9-12-19)10-13-22(26)24-20-6-4-5-7-21(20)31(27,28)25(2)3/h4-13,15H,14H2,1-3H3,(H,24,26)/b13-10+. The minimum absolute atomic E-state index is 0.0403. The summed E-state index contributed by atoms with van der Waals surface area (Å²) in [4.78, 5) is 16.7. The number of hydrogen-bond donors (Lipinski definition) is 1. The lowest BCUT2D eigenvalue weighted by Gasteiger charge is -2.15. The van der Waals surface area contributed by atoms with Gasteiger partial charge in [0.1, 0.15) is 17.3 Å². The highest BCUT2D eigenvalue weighted by molar-refractivity contribution is 7.89. The summed E-state index contributed by atoms with van der Waals surface area (Å²) in [5.74, 6) is 0.274. The second-order valence-corrected chi connectivity index (χ2v) is 10.0. The summed E-state index contributed by atoms with van der Waals surface area (Å²) in [6.07, 6.45) is 3.00. The minimum atomic E-state index is -3.67. The first-order chi connectivity index (χ1) is 14.8. The number of aryl methyl sites for hydroxylation is 1. The maximum absolute atomic E-state index is 12.4. The van der Waals surface area contributed by atoms with Crippen molar-refractivity contribution in [2.45, 2.75) is 18.4 Å². The molecule has 9 heteroatoms. The molecule has 0 bridgehead atoms. The summed E-state index contributed by atoms with van der Waals surface area (Å²) in [5, 5.41) is 5.60. The number of ether oxygens (including phenoxy) is 1. The molecule has 1 aromatic heterocycles. The van der Waals surface area contributed by atoms with Gasteiger partial charge in [0, 0.05) is 25.6 Å². The number of amides is 1. The van der Waals surface area contributed by atoms with Crippen LogP contribution in [0.5, 0.6) is 5.75 Å². The number of carbonyl (C=O) groups is 1. The van der Waals surface area contributed by atoms with Crippen molar-refractivity contribution in [3.05, 3.63) is 76.3 Å². The van der Waals surface area contributed by atoms with Gasteiger partial charge in [-0.2, -0.15) is 0 Å². The number of aromatic nitrogens is 1. The molecule has 1 amide bonds. The zero-order valence-electron chi connectivity index (χ0n) is 17.4. The molecule has 2 aromatic carbocycles. The molecule has 0 fully saturated rings. The van der Waals surface area contributed by atoms with Crippen LogP contribution in [0.1, 0.15) is 16.3 Å². The summed E-state index contributed by atoms with van der Waals surface area (Å²) in [5.41, 5.74) is 1.92. The lowest BCUT2D eigenvalue weighted by molar-refractivity contribution is -0.111. The number of carbonyl (C=O) groups excluding carboxylic acids is 1. The van der Waals surface area contributed by atoms with Gasteiger partial charge in [-0.25, -0.2) is 17.7 Å². The molecule has 0 unspecified atom stereocenters. The monoisotopic (exact) mass is 457 g/mol. The maximum atomic E-state index is 12.4. The van der Waals surface area contributed by atoms with E-state index in [2.05, 4.69) is 10.3 Å². The van der Waals surface area contributed by atoms with Crippen LogP contribution in [-0.2, 0) is 21.4 Å². The normalized spacial score (nSPS) is 11.7. The summed E-state index contributed by atoms with van der Waals surface area (Å²) >= 11 is 1.58. The molecule has 1 N–H and O–H groups in total. The van der Waals surface area contributed by atoms with Crippen LogP contribution in [0.4, 0.5) is 5.69 Å². The average Bonchev–Trinajstić information content (AvgIpc) is 3.17. The number of benzene rings is 2. The van der Waals surface area contributed by atoms with E-state index in [-0.39, 0.29) is 10.6 Å². The molecule has 7 nitrogen and oxygen atoms in total. The predicted molar refractivity (Wildman–Crippen MR) is 123 cm³/mol. The van der Waals surface area contributed by atoms with Gasteiger partial charge in [0.2, 0.25) is 15.9 Å². The van der Waals surface area contributed by atoms with Gasteiger partial charge in [0.05, 0.1) is 16.4 Å². The summed E-state index contributed by atoms with van der Waals surface area (Å²) < 4.78 is 31.7. The third-order valence-corrected chi connectivity index (χ3v) is 6.96. The van der Waals surface area contributed by atoms with Crippen molar-refractivity contribution >= 4 is 39.0 Å². The molecule has 0 saturated carbocycles.